The van der Waals surface area contributed by atoms with Crippen LogP contribution in [0.25, 0.3) is 5.69 Å². The zero-order valence-corrected chi connectivity index (χ0v) is 22.1. The molecule has 0 radical (unpaired) electrons. The molecule has 36 heavy (non-hydrogen) atoms. The van der Waals surface area contributed by atoms with Crippen LogP contribution in [0.3, 0.4) is 0 Å². The molecular formula is C29H31N5OS. The van der Waals surface area contributed by atoms with E-state index in [1.165, 1.54) is 11.3 Å². The number of rotatable bonds is 6. The van der Waals surface area contributed by atoms with Crippen LogP contribution in [0.4, 0.5) is 11.4 Å². The smallest absolute Gasteiger partial charge is 0.174 e. The lowest BCUT2D eigenvalue weighted by Gasteiger charge is -2.28. The highest BCUT2D eigenvalue weighted by Gasteiger charge is 2.42. The lowest BCUT2D eigenvalue weighted by molar-refractivity contribution is 0.414. The summed E-state index contributed by atoms with van der Waals surface area (Å²) in [5, 5.41) is 4.27. The molecule has 1 aliphatic rings. The number of ether oxygens (including phenoxy) is 1. The fourth-order valence-corrected chi connectivity index (χ4v) is 5.42. The average Bonchev–Trinajstić information content (AvgIpc) is 3.39. The maximum atomic E-state index is 5.92. The van der Waals surface area contributed by atoms with Gasteiger partial charge in [0.1, 0.15) is 5.75 Å². The van der Waals surface area contributed by atoms with E-state index < -0.39 is 0 Å². The Kier molecular flexibility index (Phi) is 6.41. The second kappa shape index (κ2) is 9.66. The first-order valence-corrected chi connectivity index (χ1v) is 12.4. The summed E-state index contributed by atoms with van der Waals surface area (Å²) in [6.07, 6.45) is 1.84. The molecule has 0 spiro atoms. The number of hydrogen-bond acceptors (Lipinski definition) is 4. The Hall–Kier alpha value is -3.84. The molecule has 1 fully saturated rings. The predicted octanol–water partition coefficient (Wildman–Crippen LogP) is 5.74. The van der Waals surface area contributed by atoms with E-state index in [-0.39, 0.29) is 12.1 Å². The number of pyridine rings is 1. The van der Waals surface area contributed by atoms with E-state index in [1.54, 1.807) is 7.11 Å². The lowest BCUT2D eigenvalue weighted by atomic mass is 9.96. The number of thiocarbonyl (C=S) groups is 1. The number of methoxy groups -OCH3 is 1. The highest BCUT2D eigenvalue weighted by atomic mass is 32.1. The van der Waals surface area contributed by atoms with Crippen LogP contribution in [0.1, 0.15) is 34.7 Å². The third-order valence-electron chi connectivity index (χ3n) is 6.86. The Labute approximate surface area is 218 Å². The third kappa shape index (κ3) is 4.20. The minimum absolute atomic E-state index is 0.0594. The van der Waals surface area contributed by atoms with Gasteiger partial charge in [-0.1, -0.05) is 6.07 Å². The number of benzene rings is 2. The van der Waals surface area contributed by atoms with Gasteiger partial charge in [0.05, 0.1) is 24.9 Å². The Bertz CT molecular complexity index is 1360. The number of nitrogens with one attached hydrogen (secondary N) is 1. The molecule has 0 aliphatic carbocycles. The molecule has 4 aromatic rings. The van der Waals surface area contributed by atoms with Crippen molar-refractivity contribution in [3.8, 4) is 11.4 Å². The molecule has 3 heterocycles. The van der Waals surface area contributed by atoms with Gasteiger partial charge in [0.15, 0.2) is 5.11 Å². The van der Waals surface area contributed by atoms with Gasteiger partial charge in [0.2, 0.25) is 0 Å². The molecule has 184 valence electrons. The quantitative estimate of drug-likeness (QED) is 0.343. The summed E-state index contributed by atoms with van der Waals surface area (Å²) in [6.45, 7) is 4.32. The van der Waals surface area contributed by atoms with Crippen molar-refractivity contribution in [3.05, 3.63) is 102 Å². The summed E-state index contributed by atoms with van der Waals surface area (Å²) < 4.78 is 7.66. The predicted molar refractivity (Wildman–Crippen MR) is 150 cm³/mol. The summed E-state index contributed by atoms with van der Waals surface area (Å²) in [5.41, 5.74) is 7.80. The first kappa shape index (κ1) is 23.9. The molecule has 1 saturated heterocycles. The molecule has 2 aromatic heterocycles. The van der Waals surface area contributed by atoms with Crippen molar-refractivity contribution in [2.45, 2.75) is 25.9 Å². The number of aromatic nitrogens is 2. The first-order valence-electron chi connectivity index (χ1n) is 12.0. The van der Waals surface area contributed by atoms with Gasteiger partial charge >= 0.3 is 0 Å². The van der Waals surface area contributed by atoms with Crippen LogP contribution in [0, 0.1) is 13.8 Å². The topological polar surface area (TPSA) is 45.6 Å². The van der Waals surface area contributed by atoms with Crippen LogP contribution in [0.15, 0.2) is 79.0 Å². The van der Waals surface area contributed by atoms with E-state index >= 15 is 0 Å². The van der Waals surface area contributed by atoms with Crippen molar-refractivity contribution in [2.75, 3.05) is 31.0 Å². The molecule has 1 N–H and O–H groups in total. The molecule has 0 unspecified atom stereocenters. The van der Waals surface area contributed by atoms with Crippen LogP contribution in [-0.4, -0.2) is 35.9 Å². The van der Waals surface area contributed by atoms with Crippen molar-refractivity contribution in [1.29, 1.82) is 0 Å². The maximum absolute atomic E-state index is 5.92. The minimum atomic E-state index is -0.0861. The molecule has 0 saturated carbocycles. The number of anilines is 2. The van der Waals surface area contributed by atoms with Gasteiger partial charge in [0.25, 0.3) is 0 Å². The van der Waals surface area contributed by atoms with Crippen LogP contribution in [0.2, 0.25) is 0 Å². The molecule has 2 atom stereocenters. The molecule has 2 aromatic carbocycles. The fourth-order valence-electron chi connectivity index (χ4n) is 5.08. The van der Waals surface area contributed by atoms with Gasteiger partial charge in [-0.25, -0.2) is 0 Å². The van der Waals surface area contributed by atoms with Crippen molar-refractivity contribution in [2.24, 2.45) is 0 Å². The summed E-state index contributed by atoms with van der Waals surface area (Å²) in [4.78, 5) is 9.02. The van der Waals surface area contributed by atoms with Crippen molar-refractivity contribution < 1.29 is 4.74 Å². The molecular weight excluding hydrogens is 466 g/mol. The molecule has 6 nitrogen and oxygen atoms in total. The van der Waals surface area contributed by atoms with Crippen LogP contribution in [-0.2, 0) is 0 Å². The molecule has 1 aliphatic heterocycles. The van der Waals surface area contributed by atoms with E-state index in [9.17, 15) is 0 Å². The van der Waals surface area contributed by atoms with Crippen molar-refractivity contribution in [3.63, 3.8) is 0 Å². The molecule has 0 bridgehead atoms. The Balaban J connectivity index is 1.63. The first-order chi connectivity index (χ1) is 17.4. The number of aryl methyl sites for hydroxylation is 1. The summed E-state index contributed by atoms with van der Waals surface area (Å²) in [6, 6.07) is 24.9. The van der Waals surface area contributed by atoms with Gasteiger partial charge in [-0.15, -0.1) is 0 Å². The molecule has 7 heteroatoms. The van der Waals surface area contributed by atoms with Gasteiger partial charge in [0, 0.05) is 48.7 Å². The standard InChI is InChI=1S/C29H31N5OS/c1-19-18-25(20(2)33(19)22-13-15-24(35-5)16-14-22)28-27(26-8-6-7-17-30-26)31-29(36)34(28)23-11-9-21(10-12-23)32(3)4/h6-18,27-28H,1-5H3,(H,31,36)/t27-,28-/m1/s1. The second-order valence-electron chi connectivity index (χ2n) is 9.27. The van der Waals surface area contributed by atoms with E-state index in [4.69, 9.17) is 21.9 Å². The van der Waals surface area contributed by atoms with Gasteiger partial charge in [-0.05, 0) is 98.4 Å². The fraction of sp³-hybridized carbons (Fsp3) is 0.241. The van der Waals surface area contributed by atoms with Gasteiger partial charge < -0.3 is 24.4 Å². The van der Waals surface area contributed by atoms with Crippen LogP contribution >= 0.6 is 12.2 Å². The number of nitrogens with zero attached hydrogens (tertiary/aromatic N) is 4. The highest BCUT2D eigenvalue weighted by molar-refractivity contribution is 7.80. The van der Waals surface area contributed by atoms with Gasteiger partial charge in [-0.3, -0.25) is 4.98 Å². The van der Waals surface area contributed by atoms with Gasteiger partial charge in [-0.2, -0.15) is 0 Å². The molecule has 5 rings (SSSR count). The zero-order chi connectivity index (χ0) is 25.4. The van der Waals surface area contributed by atoms with Crippen LogP contribution in [0.5, 0.6) is 5.75 Å². The SMILES string of the molecule is COc1ccc(-n2c(C)cc([C@@H]3[C@@H](c4ccccn4)NC(=S)N3c3ccc(N(C)C)cc3)c2C)cc1. The van der Waals surface area contributed by atoms with Crippen molar-refractivity contribution in [1.82, 2.24) is 14.9 Å². The Morgan fingerprint density at radius 2 is 1.64 bits per heavy atom. The van der Waals surface area contributed by atoms with E-state index in [0.29, 0.717) is 5.11 Å². The van der Waals surface area contributed by atoms with E-state index in [2.05, 4.69) is 82.1 Å². The lowest BCUT2D eigenvalue weighted by Crippen LogP contribution is -2.29. The summed E-state index contributed by atoms with van der Waals surface area (Å²) >= 11 is 5.92. The Morgan fingerprint density at radius 3 is 2.25 bits per heavy atom. The van der Waals surface area contributed by atoms with Crippen molar-refractivity contribution >= 4 is 28.7 Å². The van der Waals surface area contributed by atoms with E-state index in [1.807, 2.05) is 44.6 Å². The highest BCUT2D eigenvalue weighted by Crippen LogP contribution is 2.44. The summed E-state index contributed by atoms with van der Waals surface area (Å²) in [5.74, 6) is 0.842. The zero-order valence-electron chi connectivity index (χ0n) is 21.3. The number of hydrogen-bond donors (Lipinski definition) is 1. The Morgan fingerprint density at radius 1 is 0.944 bits per heavy atom. The normalized spacial score (nSPS) is 17.2. The largest absolute Gasteiger partial charge is 0.497 e. The third-order valence-corrected chi connectivity index (χ3v) is 7.18. The van der Waals surface area contributed by atoms with Crippen LogP contribution < -0.4 is 19.9 Å². The second-order valence-corrected chi connectivity index (χ2v) is 9.65. The monoisotopic (exact) mass is 497 g/mol. The summed E-state index contributed by atoms with van der Waals surface area (Å²) in [7, 11) is 5.78. The molecule has 0 amide bonds. The van der Waals surface area contributed by atoms with E-state index in [0.717, 1.165) is 34.2 Å². The maximum Gasteiger partial charge on any atom is 0.174 e. The minimum Gasteiger partial charge on any atom is -0.497 e. The average molecular weight is 498 g/mol.